The number of amides is 1. The van der Waals surface area contributed by atoms with Crippen LogP contribution < -0.4 is 19.5 Å². The Hall–Kier alpha value is -3.36. The van der Waals surface area contributed by atoms with E-state index in [1.165, 1.54) is 32.4 Å². The van der Waals surface area contributed by atoms with E-state index in [-0.39, 0.29) is 17.1 Å². The van der Waals surface area contributed by atoms with Gasteiger partial charge in [-0.2, -0.15) is 4.72 Å². The van der Waals surface area contributed by atoms with Gasteiger partial charge in [-0.25, -0.2) is 8.42 Å². The summed E-state index contributed by atoms with van der Waals surface area (Å²) in [6.45, 7) is 1.95. The summed E-state index contributed by atoms with van der Waals surface area (Å²) in [5.41, 5.74) is 2.47. The minimum atomic E-state index is -4.03. The second-order valence-electron chi connectivity index (χ2n) is 7.24. The van der Waals surface area contributed by atoms with Gasteiger partial charge >= 0.3 is 0 Å². The normalized spacial score (nSPS) is 12.1. The predicted octanol–water partition coefficient (Wildman–Crippen LogP) is 3.54. The van der Waals surface area contributed by atoms with Crippen LogP contribution >= 0.6 is 0 Å². The number of hydrogen-bond acceptors (Lipinski definition) is 5. The van der Waals surface area contributed by atoms with Crippen molar-refractivity contribution in [3.63, 3.8) is 0 Å². The molecule has 3 rings (SSSR count). The van der Waals surface area contributed by atoms with Gasteiger partial charge in [0.25, 0.3) is 0 Å². The molecule has 0 aromatic heterocycles. The molecule has 1 amide bonds. The van der Waals surface area contributed by atoms with Crippen molar-refractivity contribution in [1.82, 2.24) is 4.72 Å². The van der Waals surface area contributed by atoms with Crippen molar-refractivity contribution in [2.75, 3.05) is 19.5 Å². The highest BCUT2D eigenvalue weighted by Gasteiger charge is 2.27. The highest BCUT2D eigenvalue weighted by molar-refractivity contribution is 7.89. The molecule has 32 heavy (non-hydrogen) atoms. The molecule has 1 atom stereocenters. The Kier molecular flexibility index (Phi) is 7.50. The molecule has 0 saturated carbocycles. The Balaban J connectivity index is 1.88. The number of carbonyl (C=O) groups is 1. The van der Waals surface area contributed by atoms with E-state index in [9.17, 15) is 13.2 Å². The van der Waals surface area contributed by atoms with E-state index < -0.39 is 22.0 Å². The Morgan fingerprint density at radius 3 is 2.19 bits per heavy atom. The lowest BCUT2D eigenvalue weighted by Crippen LogP contribution is -2.45. The van der Waals surface area contributed by atoms with E-state index >= 15 is 0 Å². The summed E-state index contributed by atoms with van der Waals surface area (Å²) in [5, 5.41) is 2.79. The van der Waals surface area contributed by atoms with Crippen LogP contribution in [0.15, 0.2) is 77.7 Å². The van der Waals surface area contributed by atoms with Crippen molar-refractivity contribution >= 4 is 21.6 Å². The average Bonchev–Trinajstić information content (AvgIpc) is 2.80. The maximum Gasteiger partial charge on any atom is 0.242 e. The van der Waals surface area contributed by atoms with Crippen molar-refractivity contribution in [3.8, 4) is 11.5 Å². The van der Waals surface area contributed by atoms with E-state index in [0.29, 0.717) is 11.4 Å². The van der Waals surface area contributed by atoms with E-state index in [1.54, 1.807) is 12.1 Å². The Bertz CT molecular complexity index is 1160. The number of sulfonamides is 1. The number of nitrogens with one attached hydrogen (secondary N) is 2. The number of methoxy groups -OCH3 is 2. The van der Waals surface area contributed by atoms with Crippen LogP contribution in [0.3, 0.4) is 0 Å². The van der Waals surface area contributed by atoms with Gasteiger partial charge in [0, 0.05) is 11.8 Å². The van der Waals surface area contributed by atoms with Crippen molar-refractivity contribution in [3.05, 3.63) is 83.9 Å². The number of aryl methyl sites for hydroxylation is 1. The van der Waals surface area contributed by atoms with Crippen LogP contribution in [0.25, 0.3) is 0 Å². The predicted molar refractivity (Wildman–Crippen MR) is 124 cm³/mol. The van der Waals surface area contributed by atoms with E-state index in [4.69, 9.17) is 9.47 Å². The third-order valence-corrected chi connectivity index (χ3v) is 6.35. The summed E-state index contributed by atoms with van der Waals surface area (Å²) < 4.78 is 39.2. The van der Waals surface area contributed by atoms with Crippen molar-refractivity contribution in [2.45, 2.75) is 24.3 Å². The van der Waals surface area contributed by atoms with Crippen molar-refractivity contribution in [1.29, 1.82) is 0 Å². The second-order valence-corrected chi connectivity index (χ2v) is 8.95. The zero-order valence-corrected chi connectivity index (χ0v) is 19.0. The molecule has 0 spiro atoms. The standard InChI is InChI=1S/C24H26N2O5S/c1-17-9-11-19(12-10-17)25-24(27)21(15-18-7-5-4-6-8-18)26-32(28,29)20-13-14-22(30-2)23(16-20)31-3/h4-14,16,21,26H,15H2,1-3H3,(H,25,27)/t21-/m0/s1. The monoisotopic (exact) mass is 454 g/mol. The van der Waals surface area contributed by atoms with Crippen molar-refractivity contribution < 1.29 is 22.7 Å². The van der Waals surface area contributed by atoms with E-state index in [0.717, 1.165) is 11.1 Å². The van der Waals surface area contributed by atoms with Gasteiger partial charge in [-0.3, -0.25) is 4.79 Å². The molecule has 0 aliphatic rings. The molecule has 0 bridgehead atoms. The van der Waals surface area contributed by atoms with Gasteiger partial charge in [-0.1, -0.05) is 48.0 Å². The van der Waals surface area contributed by atoms with Gasteiger partial charge < -0.3 is 14.8 Å². The number of ether oxygens (including phenoxy) is 2. The number of carbonyl (C=O) groups excluding carboxylic acids is 1. The molecule has 3 aromatic carbocycles. The fraction of sp³-hybridized carbons (Fsp3) is 0.208. The molecule has 2 N–H and O–H groups in total. The lowest BCUT2D eigenvalue weighted by atomic mass is 10.1. The Labute approximate surface area is 188 Å². The number of rotatable bonds is 9. The minimum Gasteiger partial charge on any atom is -0.493 e. The minimum absolute atomic E-state index is 0.0312. The van der Waals surface area contributed by atoms with E-state index in [2.05, 4.69) is 10.0 Å². The maximum atomic E-state index is 13.1. The molecule has 0 aliphatic heterocycles. The highest BCUT2D eigenvalue weighted by Crippen LogP contribution is 2.29. The first kappa shape index (κ1) is 23.3. The summed E-state index contributed by atoms with van der Waals surface area (Å²) in [7, 11) is -1.13. The van der Waals surface area contributed by atoms with Gasteiger partial charge in [0.1, 0.15) is 6.04 Å². The zero-order chi connectivity index (χ0) is 23.1. The van der Waals surface area contributed by atoms with Crippen molar-refractivity contribution in [2.24, 2.45) is 0 Å². The number of anilines is 1. The van der Waals surface area contributed by atoms with Crippen LogP contribution in [0.5, 0.6) is 11.5 Å². The zero-order valence-electron chi connectivity index (χ0n) is 18.2. The van der Waals surface area contributed by atoms with Crippen LogP contribution in [0.1, 0.15) is 11.1 Å². The largest absolute Gasteiger partial charge is 0.493 e. The summed E-state index contributed by atoms with van der Waals surface area (Å²) in [5.74, 6) is 0.227. The molecular formula is C24H26N2O5S. The van der Waals surface area contributed by atoms with Crippen LogP contribution in [0.4, 0.5) is 5.69 Å². The molecule has 7 nitrogen and oxygen atoms in total. The van der Waals surface area contributed by atoms with E-state index in [1.807, 2.05) is 49.4 Å². The molecular weight excluding hydrogens is 428 g/mol. The fourth-order valence-corrected chi connectivity index (χ4v) is 4.35. The summed E-state index contributed by atoms with van der Waals surface area (Å²) in [4.78, 5) is 13.0. The third-order valence-electron chi connectivity index (χ3n) is 4.88. The molecule has 8 heteroatoms. The second kappa shape index (κ2) is 10.3. The topological polar surface area (TPSA) is 93.7 Å². The van der Waals surface area contributed by atoms with Gasteiger partial charge in [-0.15, -0.1) is 0 Å². The van der Waals surface area contributed by atoms with Crippen LogP contribution in [0.2, 0.25) is 0 Å². The first-order valence-corrected chi connectivity index (χ1v) is 11.5. The highest BCUT2D eigenvalue weighted by atomic mass is 32.2. The SMILES string of the molecule is COc1ccc(S(=O)(=O)N[C@@H](Cc2ccccc2)C(=O)Nc2ccc(C)cc2)cc1OC. The molecule has 0 heterocycles. The average molecular weight is 455 g/mol. The molecule has 0 radical (unpaired) electrons. The molecule has 3 aromatic rings. The van der Waals surface area contributed by atoms with Gasteiger partial charge in [0.2, 0.25) is 15.9 Å². The Morgan fingerprint density at radius 2 is 1.56 bits per heavy atom. The van der Waals surface area contributed by atoms with Crippen LogP contribution in [0, 0.1) is 6.92 Å². The van der Waals surface area contributed by atoms with Gasteiger partial charge in [-0.05, 0) is 43.2 Å². The van der Waals surface area contributed by atoms with Gasteiger partial charge in [0.15, 0.2) is 11.5 Å². The quantitative estimate of drug-likeness (QED) is 0.516. The maximum absolute atomic E-state index is 13.1. The summed E-state index contributed by atoms with van der Waals surface area (Å²) in [6, 6.07) is 19.8. The third kappa shape index (κ3) is 5.87. The van der Waals surface area contributed by atoms with Gasteiger partial charge in [0.05, 0.1) is 19.1 Å². The number of benzene rings is 3. The smallest absolute Gasteiger partial charge is 0.242 e. The van der Waals surface area contributed by atoms with Crippen LogP contribution in [-0.2, 0) is 21.2 Å². The molecule has 0 fully saturated rings. The lowest BCUT2D eigenvalue weighted by molar-refractivity contribution is -0.117. The first-order chi connectivity index (χ1) is 15.3. The molecule has 168 valence electrons. The summed E-state index contributed by atoms with van der Waals surface area (Å²) >= 11 is 0. The van der Waals surface area contributed by atoms with Crippen LogP contribution in [-0.4, -0.2) is 34.6 Å². The molecule has 0 unspecified atom stereocenters. The molecule has 0 aliphatic carbocycles. The fourth-order valence-electron chi connectivity index (χ4n) is 3.14. The summed E-state index contributed by atoms with van der Waals surface area (Å²) in [6.07, 6.45) is 0.186. The Morgan fingerprint density at radius 1 is 0.906 bits per heavy atom. The number of hydrogen-bond donors (Lipinski definition) is 2. The molecule has 0 saturated heterocycles. The lowest BCUT2D eigenvalue weighted by Gasteiger charge is -2.19. The first-order valence-electron chi connectivity index (χ1n) is 9.98.